The van der Waals surface area contributed by atoms with Crippen molar-refractivity contribution in [3.05, 3.63) is 11.5 Å². The number of nitrogens with zero attached hydrogens (tertiary/aromatic N) is 1. The molecular weight excluding hydrogens is 330 g/mol. The van der Waals surface area contributed by atoms with Gasteiger partial charge in [-0.1, -0.05) is 18.0 Å². The smallest absolute Gasteiger partial charge is 0.245 e. The van der Waals surface area contributed by atoms with Gasteiger partial charge in [0.05, 0.1) is 5.75 Å². The van der Waals surface area contributed by atoms with Crippen molar-refractivity contribution in [2.45, 2.75) is 50.5 Å². The fourth-order valence-corrected chi connectivity index (χ4v) is 5.32. The van der Waals surface area contributed by atoms with E-state index in [0.29, 0.717) is 0 Å². The van der Waals surface area contributed by atoms with Gasteiger partial charge < -0.3 is 4.52 Å². The molecule has 0 amide bonds. The summed E-state index contributed by atoms with van der Waals surface area (Å²) < 4.78 is 57.8. The van der Waals surface area contributed by atoms with Crippen LogP contribution < -0.4 is 9.44 Å². The summed E-state index contributed by atoms with van der Waals surface area (Å²) in [5.41, 5.74) is 0.247. The van der Waals surface area contributed by atoms with Crippen molar-refractivity contribution in [3.63, 3.8) is 0 Å². The van der Waals surface area contributed by atoms with Gasteiger partial charge in [0, 0.05) is 12.6 Å². The highest BCUT2D eigenvalue weighted by molar-refractivity contribution is 7.90. The lowest BCUT2D eigenvalue weighted by atomic mass is 10.3. The molecule has 10 heteroatoms. The zero-order valence-corrected chi connectivity index (χ0v) is 14.3. The van der Waals surface area contributed by atoms with Crippen LogP contribution in [-0.4, -0.2) is 40.3 Å². The van der Waals surface area contributed by atoms with E-state index < -0.39 is 20.0 Å². The number of hydrogen-bond acceptors (Lipinski definition) is 6. The number of rotatable bonds is 7. The largest absolute Gasteiger partial charge is 0.360 e. The molecule has 0 atom stereocenters. The molecule has 1 aliphatic rings. The van der Waals surface area contributed by atoms with Gasteiger partial charge in [-0.25, -0.2) is 26.3 Å². The van der Waals surface area contributed by atoms with Gasteiger partial charge in [0.2, 0.25) is 20.0 Å². The van der Waals surface area contributed by atoms with Crippen LogP contribution >= 0.6 is 0 Å². The normalized spacial score (nSPS) is 17.2. The van der Waals surface area contributed by atoms with E-state index in [4.69, 9.17) is 4.52 Å². The topological polar surface area (TPSA) is 118 Å². The van der Waals surface area contributed by atoms with E-state index in [9.17, 15) is 16.8 Å². The number of hydrogen-bond donors (Lipinski definition) is 2. The van der Waals surface area contributed by atoms with Crippen molar-refractivity contribution in [2.24, 2.45) is 0 Å². The summed E-state index contributed by atoms with van der Waals surface area (Å²) in [5.74, 6) is -0.122. The first-order chi connectivity index (χ1) is 10.2. The zero-order chi connectivity index (χ0) is 16.4. The molecule has 0 aliphatic heterocycles. The second kappa shape index (κ2) is 6.65. The van der Waals surface area contributed by atoms with Crippen molar-refractivity contribution < 1.29 is 21.4 Å². The predicted octanol–water partition coefficient (Wildman–Crippen LogP) is 0.432. The first kappa shape index (κ1) is 17.4. The highest BCUT2D eigenvalue weighted by atomic mass is 32.2. The summed E-state index contributed by atoms with van der Waals surface area (Å²) in [4.78, 5) is -0.0337. The molecule has 1 aromatic rings. The van der Waals surface area contributed by atoms with Crippen LogP contribution in [0.3, 0.4) is 0 Å². The van der Waals surface area contributed by atoms with Gasteiger partial charge in [0.25, 0.3) is 0 Å². The van der Waals surface area contributed by atoms with Crippen LogP contribution in [0, 0.1) is 13.8 Å². The first-order valence-electron chi connectivity index (χ1n) is 7.14. The Hall–Kier alpha value is -0.970. The summed E-state index contributed by atoms with van der Waals surface area (Å²) in [5, 5.41) is 3.58. The summed E-state index contributed by atoms with van der Waals surface area (Å²) in [6.45, 7) is 2.81. The molecule has 2 rings (SSSR count). The second-order valence-electron chi connectivity index (χ2n) is 5.47. The minimum Gasteiger partial charge on any atom is -0.360 e. The van der Waals surface area contributed by atoms with Crippen LogP contribution in [0.15, 0.2) is 9.42 Å². The highest BCUT2D eigenvalue weighted by Gasteiger charge is 2.25. The van der Waals surface area contributed by atoms with E-state index in [-0.39, 0.29) is 34.7 Å². The van der Waals surface area contributed by atoms with E-state index in [2.05, 4.69) is 14.6 Å². The Bertz CT molecular complexity index is 698. The molecule has 8 nitrogen and oxygen atoms in total. The molecule has 1 saturated carbocycles. The lowest BCUT2D eigenvalue weighted by Gasteiger charge is -2.12. The molecule has 1 aliphatic carbocycles. The van der Waals surface area contributed by atoms with E-state index in [0.717, 1.165) is 25.7 Å². The average molecular weight is 351 g/mol. The van der Waals surface area contributed by atoms with Crippen molar-refractivity contribution in [2.75, 3.05) is 12.3 Å². The van der Waals surface area contributed by atoms with E-state index in [1.54, 1.807) is 0 Å². The van der Waals surface area contributed by atoms with Crippen LogP contribution in [0.25, 0.3) is 0 Å². The van der Waals surface area contributed by atoms with Crippen LogP contribution in [-0.2, 0) is 20.0 Å². The number of aryl methyl sites for hydroxylation is 2. The first-order valence-corrected chi connectivity index (χ1v) is 10.3. The molecule has 2 N–H and O–H groups in total. The third-order valence-corrected chi connectivity index (χ3v) is 6.74. The minimum atomic E-state index is -3.83. The Labute approximate surface area is 130 Å². The van der Waals surface area contributed by atoms with Gasteiger partial charge in [0.1, 0.15) is 10.6 Å². The maximum Gasteiger partial charge on any atom is 0.245 e. The molecular formula is C12H21N3O5S2. The highest BCUT2D eigenvalue weighted by Crippen LogP contribution is 2.19. The molecule has 22 heavy (non-hydrogen) atoms. The summed E-state index contributed by atoms with van der Waals surface area (Å²) in [6.07, 6.45) is 3.71. The third-order valence-electron chi connectivity index (χ3n) is 3.60. The predicted molar refractivity (Wildman–Crippen MR) is 80.3 cm³/mol. The van der Waals surface area contributed by atoms with Crippen LogP contribution in [0.5, 0.6) is 0 Å². The van der Waals surface area contributed by atoms with Gasteiger partial charge in [0.15, 0.2) is 5.76 Å². The van der Waals surface area contributed by atoms with Gasteiger partial charge in [-0.15, -0.1) is 0 Å². The fraction of sp³-hybridized carbons (Fsp3) is 0.750. The lowest BCUT2D eigenvalue weighted by molar-refractivity contribution is 0.390. The van der Waals surface area contributed by atoms with Crippen LogP contribution in [0.2, 0.25) is 0 Å². The minimum absolute atomic E-state index is 0.0239. The Kier molecular flexibility index (Phi) is 5.25. The maximum absolute atomic E-state index is 12.1. The lowest BCUT2D eigenvalue weighted by Crippen LogP contribution is -2.38. The van der Waals surface area contributed by atoms with E-state index >= 15 is 0 Å². The van der Waals surface area contributed by atoms with Crippen molar-refractivity contribution >= 4 is 20.0 Å². The van der Waals surface area contributed by atoms with Crippen molar-refractivity contribution in [1.29, 1.82) is 0 Å². The molecule has 0 radical (unpaired) electrons. The molecule has 1 heterocycles. The van der Waals surface area contributed by atoms with Gasteiger partial charge in [-0.2, -0.15) is 0 Å². The Morgan fingerprint density at radius 3 is 2.36 bits per heavy atom. The maximum atomic E-state index is 12.1. The van der Waals surface area contributed by atoms with Gasteiger partial charge in [-0.3, -0.25) is 0 Å². The molecule has 0 unspecified atom stereocenters. The summed E-state index contributed by atoms with van der Waals surface area (Å²) >= 11 is 0. The van der Waals surface area contributed by atoms with E-state index in [1.165, 1.54) is 13.8 Å². The van der Waals surface area contributed by atoms with E-state index in [1.807, 2.05) is 0 Å². The van der Waals surface area contributed by atoms with Gasteiger partial charge >= 0.3 is 0 Å². The summed E-state index contributed by atoms with van der Waals surface area (Å²) in [6, 6.07) is -0.0239. The number of sulfonamides is 2. The third kappa shape index (κ3) is 4.28. The quantitative estimate of drug-likeness (QED) is 0.735. The number of nitrogens with one attached hydrogen (secondary N) is 2. The van der Waals surface area contributed by atoms with Crippen molar-refractivity contribution in [1.82, 2.24) is 14.6 Å². The van der Waals surface area contributed by atoms with Crippen LogP contribution in [0.1, 0.15) is 37.1 Å². The summed E-state index contributed by atoms with van der Waals surface area (Å²) in [7, 11) is -7.32. The second-order valence-corrected chi connectivity index (χ2v) is 9.05. The molecule has 0 aromatic carbocycles. The zero-order valence-electron chi connectivity index (χ0n) is 12.6. The average Bonchev–Trinajstić information content (AvgIpc) is 2.98. The SMILES string of the molecule is Cc1noc(C)c1S(=O)(=O)NCCS(=O)(=O)NC1CCCC1. The fourth-order valence-electron chi connectivity index (χ4n) is 2.60. The Morgan fingerprint density at radius 1 is 1.18 bits per heavy atom. The Balaban J connectivity index is 1.92. The van der Waals surface area contributed by atoms with Crippen LogP contribution in [0.4, 0.5) is 0 Å². The number of aromatic nitrogens is 1. The molecule has 1 fully saturated rings. The Morgan fingerprint density at radius 2 is 1.82 bits per heavy atom. The molecule has 0 bridgehead atoms. The van der Waals surface area contributed by atoms with Gasteiger partial charge in [-0.05, 0) is 26.7 Å². The monoisotopic (exact) mass is 351 g/mol. The molecule has 1 aromatic heterocycles. The standard InChI is InChI=1S/C12H21N3O5S2/c1-9-12(10(2)20-14-9)22(18,19)13-7-8-21(16,17)15-11-5-3-4-6-11/h11,13,15H,3-8H2,1-2H3. The molecule has 0 spiro atoms. The molecule has 126 valence electrons. The molecule has 0 saturated heterocycles. The van der Waals surface area contributed by atoms with Crippen molar-refractivity contribution in [3.8, 4) is 0 Å².